The second-order valence-corrected chi connectivity index (χ2v) is 6.06. The van der Waals surface area contributed by atoms with E-state index < -0.39 is 0 Å². The molecule has 1 atom stereocenters. The number of aromatic nitrogens is 2. The van der Waals surface area contributed by atoms with Gasteiger partial charge in [-0.3, -0.25) is 9.48 Å². The number of benzene rings is 1. The van der Waals surface area contributed by atoms with Crippen molar-refractivity contribution in [3.8, 4) is 0 Å². The molecule has 0 spiro atoms. The van der Waals surface area contributed by atoms with Gasteiger partial charge >= 0.3 is 0 Å². The number of hydrogen-bond acceptors (Lipinski definition) is 4. The molecule has 1 aliphatic rings. The van der Waals surface area contributed by atoms with Crippen LogP contribution < -0.4 is 10.6 Å². The summed E-state index contributed by atoms with van der Waals surface area (Å²) in [6.45, 7) is 5.04. The number of rotatable bonds is 4. The average Bonchev–Trinajstić information content (AvgIpc) is 2.96. The predicted molar refractivity (Wildman–Crippen MR) is 85.7 cm³/mol. The topological polar surface area (TPSA) is 59.0 Å². The van der Waals surface area contributed by atoms with E-state index in [0.29, 0.717) is 5.75 Å². The third kappa shape index (κ3) is 3.05. The van der Waals surface area contributed by atoms with Gasteiger partial charge in [0.05, 0.1) is 23.7 Å². The molecule has 0 saturated carbocycles. The second-order valence-electron chi connectivity index (χ2n) is 5.04. The highest BCUT2D eigenvalue weighted by Gasteiger charge is 2.16. The summed E-state index contributed by atoms with van der Waals surface area (Å²) in [5.41, 5.74) is 3.03. The highest BCUT2D eigenvalue weighted by Crippen LogP contribution is 2.34. The van der Waals surface area contributed by atoms with Crippen molar-refractivity contribution in [3.05, 3.63) is 36.2 Å². The van der Waals surface area contributed by atoms with Crippen molar-refractivity contribution in [2.45, 2.75) is 31.3 Å². The van der Waals surface area contributed by atoms with E-state index in [1.165, 1.54) is 0 Å². The summed E-state index contributed by atoms with van der Waals surface area (Å²) >= 11 is 1.57. The number of anilines is 2. The Morgan fingerprint density at radius 2 is 2.38 bits per heavy atom. The zero-order chi connectivity index (χ0) is 14.8. The van der Waals surface area contributed by atoms with Gasteiger partial charge in [-0.2, -0.15) is 5.10 Å². The van der Waals surface area contributed by atoms with E-state index in [4.69, 9.17) is 0 Å². The van der Waals surface area contributed by atoms with Gasteiger partial charge in [-0.05, 0) is 32.0 Å². The Labute approximate surface area is 128 Å². The highest BCUT2D eigenvalue weighted by molar-refractivity contribution is 8.00. The first-order chi connectivity index (χ1) is 10.2. The molecule has 5 nitrogen and oxygen atoms in total. The summed E-state index contributed by atoms with van der Waals surface area (Å²) in [6, 6.07) is 6.24. The lowest BCUT2D eigenvalue weighted by molar-refractivity contribution is -0.113. The van der Waals surface area contributed by atoms with E-state index in [2.05, 4.69) is 29.6 Å². The third-order valence-electron chi connectivity index (χ3n) is 3.47. The first kappa shape index (κ1) is 14.0. The van der Waals surface area contributed by atoms with Gasteiger partial charge in [0.2, 0.25) is 5.91 Å². The molecule has 2 heterocycles. The van der Waals surface area contributed by atoms with Gasteiger partial charge in [0, 0.05) is 28.9 Å². The number of carbonyl (C=O) groups excluding carboxylic acids is 1. The minimum atomic E-state index is 0.0573. The van der Waals surface area contributed by atoms with Gasteiger partial charge in [-0.15, -0.1) is 11.8 Å². The molecule has 1 aromatic carbocycles. The Kier molecular flexibility index (Phi) is 3.88. The molecular formula is C15H18N4OS. The molecule has 1 aromatic heterocycles. The summed E-state index contributed by atoms with van der Waals surface area (Å²) in [4.78, 5) is 12.6. The molecule has 1 amide bonds. The van der Waals surface area contributed by atoms with Crippen molar-refractivity contribution in [1.82, 2.24) is 9.78 Å². The number of nitrogens with zero attached hydrogens (tertiary/aromatic N) is 2. The molecule has 0 aliphatic carbocycles. The van der Waals surface area contributed by atoms with Crippen LogP contribution in [0.5, 0.6) is 0 Å². The van der Waals surface area contributed by atoms with Crippen LogP contribution >= 0.6 is 11.8 Å². The molecule has 21 heavy (non-hydrogen) atoms. The fourth-order valence-corrected chi connectivity index (χ4v) is 3.07. The first-order valence-electron chi connectivity index (χ1n) is 7.01. The van der Waals surface area contributed by atoms with Crippen LogP contribution in [0.1, 0.15) is 25.5 Å². The number of nitrogens with one attached hydrogen (secondary N) is 2. The van der Waals surface area contributed by atoms with Gasteiger partial charge in [-0.25, -0.2) is 0 Å². The van der Waals surface area contributed by atoms with Crippen LogP contribution in [0.15, 0.2) is 35.5 Å². The molecule has 0 radical (unpaired) electrons. The number of thioether (sulfide) groups is 1. The number of amides is 1. The van der Waals surface area contributed by atoms with Crippen molar-refractivity contribution >= 4 is 29.0 Å². The van der Waals surface area contributed by atoms with Crippen LogP contribution in [0.4, 0.5) is 11.4 Å². The molecule has 1 aliphatic heterocycles. The van der Waals surface area contributed by atoms with Crippen molar-refractivity contribution in [1.29, 1.82) is 0 Å². The molecular weight excluding hydrogens is 284 g/mol. The van der Waals surface area contributed by atoms with E-state index in [1.807, 2.05) is 35.3 Å². The van der Waals surface area contributed by atoms with E-state index >= 15 is 0 Å². The summed E-state index contributed by atoms with van der Waals surface area (Å²) < 4.78 is 1.91. The first-order valence-corrected chi connectivity index (χ1v) is 8.00. The average molecular weight is 302 g/mol. The van der Waals surface area contributed by atoms with Crippen molar-refractivity contribution < 1.29 is 4.79 Å². The van der Waals surface area contributed by atoms with E-state index in [-0.39, 0.29) is 11.9 Å². The monoisotopic (exact) mass is 302 g/mol. The molecule has 2 N–H and O–H groups in total. The van der Waals surface area contributed by atoms with Gasteiger partial charge < -0.3 is 10.6 Å². The molecule has 0 saturated heterocycles. The number of hydrogen-bond donors (Lipinski definition) is 2. The summed E-state index contributed by atoms with van der Waals surface area (Å²) in [5.74, 6) is 0.550. The van der Waals surface area contributed by atoms with Crippen molar-refractivity contribution in [2.75, 3.05) is 16.4 Å². The molecule has 0 bridgehead atoms. The van der Waals surface area contributed by atoms with Gasteiger partial charge in [0.15, 0.2) is 0 Å². The van der Waals surface area contributed by atoms with Crippen LogP contribution in [0.25, 0.3) is 0 Å². The summed E-state index contributed by atoms with van der Waals surface area (Å²) in [6.07, 6.45) is 3.94. The van der Waals surface area contributed by atoms with Crippen molar-refractivity contribution in [2.24, 2.45) is 0 Å². The van der Waals surface area contributed by atoms with Crippen LogP contribution in [0.3, 0.4) is 0 Å². The zero-order valence-electron chi connectivity index (χ0n) is 12.1. The summed E-state index contributed by atoms with van der Waals surface area (Å²) in [5, 5.41) is 10.7. The predicted octanol–water partition coefficient (Wildman–Crippen LogP) is 3.12. The SMILES string of the molecule is CCn1cc(C(C)Nc2ccc3c(c2)NC(=O)CS3)cn1. The minimum absolute atomic E-state index is 0.0573. The zero-order valence-corrected chi connectivity index (χ0v) is 12.9. The van der Waals surface area contributed by atoms with Crippen LogP contribution in [0, 0.1) is 0 Å². The molecule has 6 heteroatoms. The molecule has 2 aromatic rings. The Hall–Kier alpha value is -1.95. The smallest absolute Gasteiger partial charge is 0.234 e. The van der Waals surface area contributed by atoms with Crippen molar-refractivity contribution in [3.63, 3.8) is 0 Å². The Balaban J connectivity index is 1.75. The van der Waals surface area contributed by atoms with Gasteiger partial charge in [-0.1, -0.05) is 0 Å². The van der Waals surface area contributed by atoms with E-state index in [9.17, 15) is 4.79 Å². The molecule has 0 fully saturated rings. The summed E-state index contributed by atoms with van der Waals surface area (Å²) in [7, 11) is 0. The normalized spacial score (nSPS) is 15.2. The molecule has 3 rings (SSSR count). The lowest BCUT2D eigenvalue weighted by atomic mass is 10.1. The largest absolute Gasteiger partial charge is 0.378 e. The fraction of sp³-hybridized carbons (Fsp3) is 0.333. The lowest BCUT2D eigenvalue weighted by Crippen LogP contribution is -2.18. The highest BCUT2D eigenvalue weighted by atomic mass is 32.2. The maximum atomic E-state index is 11.5. The standard InChI is InChI=1S/C15H18N4OS/c1-3-19-8-11(7-16-19)10(2)17-12-4-5-14-13(6-12)18-15(20)9-21-14/h4-8,10,17H,3,9H2,1-2H3,(H,18,20). The quantitative estimate of drug-likeness (QED) is 0.911. The second kappa shape index (κ2) is 5.81. The Morgan fingerprint density at radius 3 is 3.14 bits per heavy atom. The van der Waals surface area contributed by atoms with Crippen LogP contribution in [-0.2, 0) is 11.3 Å². The van der Waals surface area contributed by atoms with Gasteiger partial charge in [0.25, 0.3) is 0 Å². The maximum absolute atomic E-state index is 11.5. The van der Waals surface area contributed by atoms with E-state index in [1.54, 1.807) is 11.8 Å². The third-order valence-corrected chi connectivity index (χ3v) is 4.55. The minimum Gasteiger partial charge on any atom is -0.378 e. The molecule has 1 unspecified atom stereocenters. The van der Waals surface area contributed by atoms with E-state index in [0.717, 1.165) is 28.4 Å². The lowest BCUT2D eigenvalue weighted by Gasteiger charge is -2.19. The van der Waals surface area contributed by atoms with Crippen LogP contribution in [0.2, 0.25) is 0 Å². The fourth-order valence-electron chi connectivity index (χ4n) is 2.28. The number of aryl methyl sites for hydroxylation is 1. The van der Waals surface area contributed by atoms with Gasteiger partial charge in [0.1, 0.15) is 0 Å². The Bertz CT molecular complexity index is 667. The Morgan fingerprint density at radius 1 is 1.52 bits per heavy atom. The molecule has 110 valence electrons. The number of fused-ring (bicyclic) bond motifs is 1. The number of carbonyl (C=O) groups is 1. The van der Waals surface area contributed by atoms with Crippen LogP contribution in [-0.4, -0.2) is 21.4 Å². The maximum Gasteiger partial charge on any atom is 0.234 e.